The summed E-state index contributed by atoms with van der Waals surface area (Å²) in [7, 11) is 0. The molecule has 0 aromatic heterocycles. The van der Waals surface area contributed by atoms with Crippen LogP contribution in [0.2, 0.25) is 0 Å². The minimum Gasteiger partial charge on any atom is -0.352 e. The second-order valence-corrected chi connectivity index (χ2v) is 2.55. The summed E-state index contributed by atoms with van der Waals surface area (Å²) in [5, 5.41) is 5.83. The van der Waals surface area contributed by atoms with Crippen LogP contribution in [0.25, 0.3) is 0 Å². The summed E-state index contributed by atoms with van der Waals surface area (Å²) in [6.45, 7) is 1.90. The zero-order valence-electron chi connectivity index (χ0n) is 5.89. The summed E-state index contributed by atoms with van der Waals surface area (Å²) >= 11 is 0. The number of primary amides is 1. The van der Waals surface area contributed by atoms with Crippen LogP contribution in [0.1, 0.15) is 12.8 Å². The molecule has 1 aliphatic heterocycles. The minimum atomic E-state index is -0.422. The third-order valence-corrected chi connectivity index (χ3v) is 1.64. The van der Waals surface area contributed by atoms with E-state index >= 15 is 0 Å². The Balaban J connectivity index is 2.19. The van der Waals surface area contributed by atoms with E-state index in [2.05, 4.69) is 10.6 Å². The Kier molecular flexibility index (Phi) is 2.50. The fourth-order valence-electron chi connectivity index (χ4n) is 1.18. The summed E-state index contributed by atoms with van der Waals surface area (Å²) in [6.07, 6.45) is 2.15. The molecule has 1 heterocycles. The first-order chi connectivity index (χ1) is 4.79. The lowest BCUT2D eigenvalue weighted by atomic mass is 10.1. The van der Waals surface area contributed by atoms with Gasteiger partial charge in [0.15, 0.2) is 0 Å². The van der Waals surface area contributed by atoms with Gasteiger partial charge in [-0.25, -0.2) is 4.79 Å². The maximum atomic E-state index is 10.4. The lowest BCUT2D eigenvalue weighted by molar-refractivity contribution is 0.242. The Hall–Kier alpha value is -0.770. The average molecular weight is 143 g/mol. The van der Waals surface area contributed by atoms with Gasteiger partial charge in [0.1, 0.15) is 0 Å². The maximum Gasteiger partial charge on any atom is 0.312 e. The molecular weight excluding hydrogens is 130 g/mol. The number of piperidine rings is 1. The van der Waals surface area contributed by atoms with E-state index in [9.17, 15) is 4.79 Å². The predicted octanol–water partition coefficient (Wildman–Crippen LogP) is -0.593. The molecule has 0 unspecified atom stereocenters. The van der Waals surface area contributed by atoms with Gasteiger partial charge in [-0.1, -0.05) is 0 Å². The summed E-state index contributed by atoms with van der Waals surface area (Å²) in [4.78, 5) is 10.4. The maximum absolute atomic E-state index is 10.4. The molecule has 1 saturated heterocycles. The number of carbonyl (C=O) groups is 1. The van der Waals surface area contributed by atoms with Gasteiger partial charge in [-0.05, 0) is 19.4 Å². The smallest absolute Gasteiger partial charge is 0.312 e. The molecule has 0 aromatic rings. The molecule has 0 bridgehead atoms. The van der Waals surface area contributed by atoms with Crippen LogP contribution in [0, 0.1) is 0 Å². The highest BCUT2D eigenvalue weighted by atomic mass is 16.2. The molecule has 1 atom stereocenters. The molecule has 0 aliphatic carbocycles. The zero-order valence-corrected chi connectivity index (χ0v) is 5.89. The molecule has 0 spiro atoms. The Morgan fingerprint density at radius 2 is 2.50 bits per heavy atom. The first-order valence-electron chi connectivity index (χ1n) is 3.56. The third kappa shape index (κ3) is 2.23. The molecule has 10 heavy (non-hydrogen) atoms. The van der Waals surface area contributed by atoms with E-state index in [0.29, 0.717) is 0 Å². The highest BCUT2D eigenvalue weighted by Crippen LogP contribution is 1.99. The van der Waals surface area contributed by atoms with E-state index in [-0.39, 0.29) is 6.04 Å². The van der Waals surface area contributed by atoms with Crippen LogP contribution >= 0.6 is 0 Å². The molecule has 1 aliphatic rings. The fourth-order valence-corrected chi connectivity index (χ4v) is 1.18. The number of hydrogen-bond acceptors (Lipinski definition) is 2. The number of amides is 2. The molecule has 4 heteroatoms. The topological polar surface area (TPSA) is 67.2 Å². The van der Waals surface area contributed by atoms with Crippen molar-refractivity contribution < 1.29 is 4.79 Å². The van der Waals surface area contributed by atoms with Crippen LogP contribution in [-0.4, -0.2) is 25.2 Å². The lowest BCUT2D eigenvalue weighted by Crippen LogP contribution is -2.47. The Labute approximate surface area is 60.2 Å². The van der Waals surface area contributed by atoms with Crippen molar-refractivity contribution in [1.82, 2.24) is 10.6 Å². The largest absolute Gasteiger partial charge is 0.352 e. The quantitative estimate of drug-likeness (QED) is 0.459. The number of carbonyl (C=O) groups excluding carboxylic acids is 1. The van der Waals surface area contributed by atoms with Gasteiger partial charge in [0.2, 0.25) is 0 Å². The summed E-state index contributed by atoms with van der Waals surface area (Å²) in [5.74, 6) is 0. The van der Waals surface area contributed by atoms with E-state index in [1.54, 1.807) is 0 Å². The number of rotatable bonds is 1. The highest BCUT2D eigenvalue weighted by molar-refractivity contribution is 5.71. The van der Waals surface area contributed by atoms with Crippen LogP contribution < -0.4 is 16.4 Å². The van der Waals surface area contributed by atoms with E-state index in [1.807, 2.05) is 0 Å². The minimum absolute atomic E-state index is 0.242. The van der Waals surface area contributed by atoms with Gasteiger partial charge in [0, 0.05) is 12.6 Å². The van der Waals surface area contributed by atoms with Crippen LogP contribution in [0.3, 0.4) is 0 Å². The van der Waals surface area contributed by atoms with Crippen molar-refractivity contribution in [2.24, 2.45) is 5.73 Å². The van der Waals surface area contributed by atoms with Gasteiger partial charge >= 0.3 is 6.03 Å². The van der Waals surface area contributed by atoms with Gasteiger partial charge in [0.25, 0.3) is 0 Å². The molecule has 0 aromatic carbocycles. The molecule has 0 radical (unpaired) electrons. The van der Waals surface area contributed by atoms with Crippen molar-refractivity contribution >= 4 is 6.03 Å². The SMILES string of the molecule is NC(=O)N[C@H]1CCCNC1. The second-order valence-electron chi connectivity index (χ2n) is 2.55. The summed E-state index contributed by atoms with van der Waals surface area (Å²) in [6, 6.07) is -0.181. The highest BCUT2D eigenvalue weighted by Gasteiger charge is 2.12. The molecule has 2 amide bonds. The third-order valence-electron chi connectivity index (χ3n) is 1.64. The van der Waals surface area contributed by atoms with Crippen molar-refractivity contribution in [2.45, 2.75) is 18.9 Å². The monoisotopic (exact) mass is 143 g/mol. The molecule has 4 N–H and O–H groups in total. The summed E-state index contributed by atoms with van der Waals surface area (Å²) in [5.41, 5.74) is 4.95. The van der Waals surface area contributed by atoms with Crippen LogP contribution in [0.4, 0.5) is 4.79 Å². The normalized spacial score (nSPS) is 25.8. The zero-order chi connectivity index (χ0) is 7.40. The second kappa shape index (κ2) is 3.41. The van der Waals surface area contributed by atoms with Gasteiger partial charge in [-0.15, -0.1) is 0 Å². The van der Waals surface area contributed by atoms with Crippen LogP contribution in [0.15, 0.2) is 0 Å². The molecule has 1 rings (SSSR count). The Morgan fingerprint density at radius 1 is 1.70 bits per heavy atom. The van der Waals surface area contributed by atoms with E-state index < -0.39 is 6.03 Å². The fraction of sp³-hybridized carbons (Fsp3) is 0.833. The lowest BCUT2D eigenvalue weighted by Gasteiger charge is -2.22. The first kappa shape index (κ1) is 7.34. The number of nitrogens with one attached hydrogen (secondary N) is 2. The van der Waals surface area contributed by atoms with Crippen molar-refractivity contribution in [3.8, 4) is 0 Å². The van der Waals surface area contributed by atoms with E-state index in [1.165, 1.54) is 0 Å². The van der Waals surface area contributed by atoms with Crippen molar-refractivity contribution in [1.29, 1.82) is 0 Å². The predicted molar refractivity (Wildman–Crippen MR) is 38.6 cm³/mol. The summed E-state index contributed by atoms with van der Waals surface area (Å²) < 4.78 is 0. The first-order valence-corrected chi connectivity index (χ1v) is 3.56. The molecule has 4 nitrogen and oxygen atoms in total. The van der Waals surface area contributed by atoms with Gasteiger partial charge in [-0.3, -0.25) is 0 Å². The molecule has 0 saturated carbocycles. The van der Waals surface area contributed by atoms with Gasteiger partial charge < -0.3 is 16.4 Å². The van der Waals surface area contributed by atoms with Crippen LogP contribution in [0.5, 0.6) is 0 Å². The van der Waals surface area contributed by atoms with Crippen molar-refractivity contribution in [2.75, 3.05) is 13.1 Å². The number of hydrogen-bond donors (Lipinski definition) is 3. The van der Waals surface area contributed by atoms with Crippen molar-refractivity contribution in [3.63, 3.8) is 0 Å². The standard InChI is InChI=1S/C6H13N3O/c7-6(10)9-5-2-1-3-8-4-5/h5,8H,1-4H2,(H3,7,9,10)/t5-/m0/s1. The van der Waals surface area contributed by atoms with E-state index in [4.69, 9.17) is 5.73 Å². The Morgan fingerprint density at radius 3 is 3.00 bits per heavy atom. The molecule has 1 fully saturated rings. The van der Waals surface area contributed by atoms with E-state index in [0.717, 1.165) is 25.9 Å². The van der Waals surface area contributed by atoms with Gasteiger partial charge in [0.05, 0.1) is 0 Å². The number of nitrogens with two attached hydrogens (primary N) is 1. The van der Waals surface area contributed by atoms with Crippen molar-refractivity contribution in [3.05, 3.63) is 0 Å². The molecular formula is C6H13N3O. The molecule has 58 valence electrons. The average Bonchev–Trinajstić information content (AvgIpc) is 1.88. The number of urea groups is 1. The van der Waals surface area contributed by atoms with Gasteiger partial charge in [-0.2, -0.15) is 0 Å². The van der Waals surface area contributed by atoms with Crippen LogP contribution in [-0.2, 0) is 0 Å². The Bertz CT molecular complexity index is 120.